The van der Waals surface area contributed by atoms with Gasteiger partial charge in [-0.2, -0.15) is 0 Å². The smallest absolute Gasteiger partial charge is 0.252 e. The highest BCUT2D eigenvalue weighted by molar-refractivity contribution is 5.94. The second-order valence-corrected chi connectivity index (χ2v) is 12.3. The predicted molar refractivity (Wildman–Crippen MR) is 164 cm³/mol. The average Bonchev–Trinajstić information content (AvgIpc) is 3.90. The maximum absolute atomic E-state index is 13.0. The van der Waals surface area contributed by atoms with Crippen LogP contribution in [-0.4, -0.2) is 82.5 Å². The molecule has 2 N–H and O–H groups in total. The minimum Gasteiger partial charge on any atom is -0.368 e. The summed E-state index contributed by atoms with van der Waals surface area (Å²) in [5.41, 5.74) is 4.79. The van der Waals surface area contributed by atoms with Crippen molar-refractivity contribution in [2.45, 2.75) is 63.2 Å². The van der Waals surface area contributed by atoms with Crippen molar-refractivity contribution in [1.29, 1.82) is 0 Å². The van der Waals surface area contributed by atoms with Crippen molar-refractivity contribution in [3.05, 3.63) is 60.6 Å². The molecule has 2 aromatic carbocycles. The number of likely N-dealkylation sites (tertiary alicyclic amines) is 2. The Morgan fingerprint density at radius 1 is 0.773 bits per heavy atom. The number of anilines is 1. The monoisotopic (exact) mass is 597 g/mol. The summed E-state index contributed by atoms with van der Waals surface area (Å²) in [6.45, 7) is 3.09. The number of H-pyrrole nitrogens is 1. The lowest BCUT2D eigenvalue weighted by Gasteiger charge is -2.25. The fraction of sp³-hybridized carbons (Fsp3) is 0.471. The third-order valence-electron chi connectivity index (χ3n) is 9.41. The molecule has 4 aliphatic heterocycles. The van der Waals surface area contributed by atoms with Crippen LogP contribution in [0, 0.1) is 5.92 Å². The predicted octanol–water partition coefficient (Wildman–Crippen LogP) is 4.55. The molecule has 2 unspecified atom stereocenters. The fourth-order valence-corrected chi connectivity index (χ4v) is 6.91. The van der Waals surface area contributed by atoms with Gasteiger partial charge in [0, 0.05) is 38.5 Å². The molecule has 0 spiro atoms. The fourth-order valence-electron chi connectivity index (χ4n) is 6.91. The van der Waals surface area contributed by atoms with Crippen LogP contribution in [0.5, 0.6) is 0 Å². The second kappa shape index (κ2) is 12.5. The number of rotatable bonds is 7. The minimum atomic E-state index is -0.341. The molecule has 0 radical (unpaired) electrons. The molecule has 3 amide bonds. The van der Waals surface area contributed by atoms with E-state index in [1.54, 1.807) is 4.90 Å². The maximum Gasteiger partial charge on any atom is 0.252 e. The number of aromatic amines is 1. The molecule has 4 saturated heterocycles. The summed E-state index contributed by atoms with van der Waals surface area (Å²) < 4.78 is 11.2. The molecule has 4 atom stereocenters. The number of carbonyl (C=O) groups excluding carboxylic acids is 3. The Morgan fingerprint density at radius 3 is 2.11 bits per heavy atom. The van der Waals surface area contributed by atoms with Crippen LogP contribution < -0.4 is 5.32 Å². The van der Waals surface area contributed by atoms with E-state index in [0.29, 0.717) is 32.7 Å². The van der Waals surface area contributed by atoms with Crippen molar-refractivity contribution in [3.8, 4) is 22.4 Å². The van der Waals surface area contributed by atoms with Crippen molar-refractivity contribution in [3.63, 3.8) is 0 Å². The number of hydrogen-bond acceptors (Lipinski definition) is 6. The van der Waals surface area contributed by atoms with Crippen molar-refractivity contribution < 1.29 is 23.9 Å². The third kappa shape index (κ3) is 5.88. The maximum atomic E-state index is 13.0. The summed E-state index contributed by atoms with van der Waals surface area (Å²) in [6.07, 6.45) is 7.15. The van der Waals surface area contributed by atoms with E-state index in [4.69, 9.17) is 9.47 Å². The van der Waals surface area contributed by atoms with E-state index >= 15 is 0 Å². The minimum absolute atomic E-state index is 0.0168. The van der Waals surface area contributed by atoms with Gasteiger partial charge < -0.3 is 29.6 Å². The van der Waals surface area contributed by atoms with Crippen molar-refractivity contribution in [2.24, 2.45) is 5.92 Å². The largest absolute Gasteiger partial charge is 0.368 e. The number of nitrogens with zero attached hydrogens (tertiary/aromatic N) is 3. The van der Waals surface area contributed by atoms with Gasteiger partial charge in [0.15, 0.2) is 0 Å². The van der Waals surface area contributed by atoms with Gasteiger partial charge in [-0.25, -0.2) is 4.98 Å². The molecular weight excluding hydrogens is 558 g/mol. The molecule has 4 fully saturated rings. The summed E-state index contributed by atoms with van der Waals surface area (Å²) in [5, 5.41) is 3.02. The molecule has 1 aromatic heterocycles. The van der Waals surface area contributed by atoms with E-state index < -0.39 is 0 Å². The van der Waals surface area contributed by atoms with Gasteiger partial charge in [-0.1, -0.05) is 36.4 Å². The van der Waals surface area contributed by atoms with Gasteiger partial charge in [-0.05, 0) is 73.8 Å². The van der Waals surface area contributed by atoms with Crippen LogP contribution in [0.3, 0.4) is 0 Å². The SMILES string of the molecule is O=C(Nc1ccc(-c2ccc(-c3cnc([C@@H]4CCCN4C(=O)C4CCCO4)[nH]3)cc2)cc1)[C@H]1CCN(C(=O)C2CCCO2)C1. The van der Waals surface area contributed by atoms with E-state index in [-0.39, 0.29) is 41.9 Å². The Kier molecular flexibility index (Phi) is 8.18. The lowest BCUT2D eigenvalue weighted by Crippen LogP contribution is -2.38. The molecule has 5 heterocycles. The zero-order valence-electron chi connectivity index (χ0n) is 24.9. The topological polar surface area (TPSA) is 117 Å². The van der Waals surface area contributed by atoms with Gasteiger partial charge in [0.2, 0.25) is 5.91 Å². The van der Waals surface area contributed by atoms with Crippen LogP contribution in [0.15, 0.2) is 54.7 Å². The van der Waals surface area contributed by atoms with E-state index in [9.17, 15) is 14.4 Å². The number of amides is 3. The van der Waals surface area contributed by atoms with E-state index in [2.05, 4.69) is 39.6 Å². The molecule has 0 saturated carbocycles. The van der Waals surface area contributed by atoms with Crippen LogP contribution in [0.2, 0.25) is 0 Å². The highest BCUT2D eigenvalue weighted by Gasteiger charge is 2.37. The molecule has 10 heteroatoms. The van der Waals surface area contributed by atoms with Crippen LogP contribution in [-0.2, 0) is 23.9 Å². The van der Waals surface area contributed by atoms with Gasteiger partial charge in [-0.15, -0.1) is 0 Å². The summed E-state index contributed by atoms with van der Waals surface area (Å²) in [4.78, 5) is 50.4. The van der Waals surface area contributed by atoms with Gasteiger partial charge >= 0.3 is 0 Å². The lowest BCUT2D eigenvalue weighted by molar-refractivity contribution is -0.142. The average molecular weight is 598 g/mol. The Labute approximate surface area is 257 Å². The summed E-state index contributed by atoms with van der Waals surface area (Å²) in [7, 11) is 0. The van der Waals surface area contributed by atoms with Crippen molar-refractivity contribution in [2.75, 3.05) is 38.2 Å². The number of hydrogen-bond donors (Lipinski definition) is 2. The number of imidazole rings is 1. The van der Waals surface area contributed by atoms with Gasteiger partial charge in [0.1, 0.15) is 18.0 Å². The third-order valence-corrected chi connectivity index (χ3v) is 9.41. The van der Waals surface area contributed by atoms with Gasteiger partial charge in [-0.3, -0.25) is 14.4 Å². The quantitative estimate of drug-likeness (QED) is 0.413. The van der Waals surface area contributed by atoms with Gasteiger partial charge in [0.05, 0.1) is 23.9 Å². The lowest BCUT2D eigenvalue weighted by atomic mass is 10.0. The first-order chi connectivity index (χ1) is 21.5. The van der Waals surface area contributed by atoms with E-state index in [1.807, 2.05) is 35.4 Å². The van der Waals surface area contributed by atoms with Crippen molar-refractivity contribution >= 4 is 23.4 Å². The number of aromatic nitrogens is 2. The summed E-state index contributed by atoms with van der Waals surface area (Å²) in [6, 6.07) is 16.1. The molecule has 10 nitrogen and oxygen atoms in total. The Hall–Kier alpha value is -4.02. The molecular formula is C34H39N5O5. The highest BCUT2D eigenvalue weighted by atomic mass is 16.5. The highest BCUT2D eigenvalue weighted by Crippen LogP contribution is 2.34. The number of carbonyl (C=O) groups is 3. The zero-order chi connectivity index (χ0) is 30.0. The molecule has 230 valence electrons. The molecule has 7 rings (SSSR count). The summed E-state index contributed by atoms with van der Waals surface area (Å²) >= 11 is 0. The van der Waals surface area contributed by atoms with Crippen LogP contribution in [0.4, 0.5) is 5.69 Å². The van der Waals surface area contributed by atoms with Crippen LogP contribution in [0.1, 0.15) is 56.8 Å². The van der Waals surface area contributed by atoms with E-state index in [1.165, 1.54) is 0 Å². The first-order valence-electron chi connectivity index (χ1n) is 15.9. The first-order valence-corrected chi connectivity index (χ1v) is 15.9. The summed E-state index contributed by atoms with van der Waals surface area (Å²) in [5.74, 6) is 0.660. The van der Waals surface area contributed by atoms with Crippen molar-refractivity contribution in [1.82, 2.24) is 19.8 Å². The molecule has 4 aliphatic rings. The van der Waals surface area contributed by atoms with Crippen LogP contribution >= 0.6 is 0 Å². The Bertz CT molecular complexity index is 1490. The Morgan fingerprint density at radius 2 is 1.43 bits per heavy atom. The normalized spacial score (nSPS) is 25.1. The molecule has 0 bridgehead atoms. The Balaban J connectivity index is 0.947. The molecule has 0 aliphatic carbocycles. The zero-order valence-corrected chi connectivity index (χ0v) is 24.9. The molecule has 44 heavy (non-hydrogen) atoms. The molecule has 3 aromatic rings. The number of nitrogens with one attached hydrogen (secondary N) is 2. The number of benzene rings is 2. The first kappa shape index (κ1) is 28.7. The second-order valence-electron chi connectivity index (χ2n) is 12.3. The van der Waals surface area contributed by atoms with Crippen LogP contribution in [0.25, 0.3) is 22.4 Å². The van der Waals surface area contributed by atoms with E-state index in [0.717, 1.165) is 79.0 Å². The van der Waals surface area contributed by atoms with Gasteiger partial charge in [0.25, 0.3) is 11.8 Å². The number of ether oxygens (including phenoxy) is 2. The standard InChI is InChI=1S/C34H39N5O5/c40-32(25-15-17-38(21-25)33(41)29-5-2-18-43-29)36-26-13-11-23(12-14-26)22-7-9-24(10-8-22)27-20-35-31(37-27)28-4-1-16-39(28)34(42)30-6-3-19-44-30/h7-14,20,25,28-30H,1-6,15-19,21H2,(H,35,37)(H,36,40)/t25-,28-,29?,30?/m0/s1.